The summed E-state index contributed by atoms with van der Waals surface area (Å²) >= 11 is 5.29. The Morgan fingerprint density at radius 1 is 1.03 bits per heavy atom. The van der Waals surface area contributed by atoms with Crippen LogP contribution in [-0.4, -0.2) is 37.6 Å². The first-order valence-electron chi connectivity index (χ1n) is 10.2. The average Bonchev–Trinajstić information content (AvgIpc) is 2.80. The molecule has 8 heteroatoms. The van der Waals surface area contributed by atoms with E-state index >= 15 is 0 Å². The number of methoxy groups -OCH3 is 2. The number of hydrogen-bond donors (Lipinski definition) is 2. The minimum Gasteiger partial charge on any atom is -0.493 e. The molecular weight excluding hydrogens is 414 g/mol. The predicted octanol–water partition coefficient (Wildman–Crippen LogP) is 4.05. The van der Waals surface area contributed by atoms with Crippen LogP contribution in [0.25, 0.3) is 0 Å². The molecule has 1 aliphatic carbocycles. The van der Waals surface area contributed by atoms with E-state index in [0.717, 1.165) is 18.4 Å². The molecule has 31 heavy (non-hydrogen) atoms. The lowest BCUT2D eigenvalue weighted by Gasteiger charge is -2.23. The highest BCUT2D eigenvalue weighted by Crippen LogP contribution is 2.28. The molecule has 2 aromatic carbocycles. The fraction of sp³-hybridized carbons (Fsp3) is 0.348. The van der Waals surface area contributed by atoms with Gasteiger partial charge in [-0.15, -0.1) is 0 Å². The van der Waals surface area contributed by atoms with Crippen LogP contribution in [0.5, 0.6) is 17.2 Å². The SMILES string of the molecule is COc1ccc(C(=O)Oc2ccc(C=NNC(=S)NC3CCCCC3)cc2)cc1OC. The summed E-state index contributed by atoms with van der Waals surface area (Å²) in [5, 5.41) is 8.00. The summed E-state index contributed by atoms with van der Waals surface area (Å²) in [6.07, 6.45) is 7.74. The lowest BCUT2D eigenvalue weighted by atomic mass is 9.96. The molecule has 0 aliphatic heterocycles. The van der Waals surface area contributed by atoms with Crippen molar-refractivity contribution in [2.75, 3.05) is 14.2 Å². The van der Waals surface area contributed by atoms with Crippen LogP contribution < -0.4 is 25.0 Å². The van der Waals surface area contributed by atoms with Gasteiger partial charge in [-0.05, 0) is 73.1 Å². The highest BCUT2D eigenvalue weighted by Gasteiger charge is 2.14. The summed E-state index contributed by atoms with van der Waals surface area (Å²) in [7, 11) is 3.05. The second-order valence-electron chi connectivity index (χ2n) is 7.21. The van der Waals surface area contributed by atoms with Gasteiger partial charge in [0.25, 0.3) is 0 Å². The van der Waals surface area contributed by atoms with Crippen molar-refractivity contribution < 1.29 is 19.0 Å². The van der Waals surface area contributed by atoms with Crippen molar-refractivity contribution >= 4 is 29.5 Å². The third kappa shape index (κ3) is 6.68. The molecule has 0 radical (unpaired) electrons. The van der Waals surface area contributed by atoms with Gasteiger partial charge in [-0.1, -0.05) is 19.3 Å². The molecule has 2 N–H and O–H groups in total. The number of esters is 1. The highest BCUT2D eigenvalue weighted by molar-refractivity contribution is 7.80. The Hall–Kier alpha value is -3.13. The number of rotatable bonds is 7. The van der Waals surface area contributed by atoms with Crippen LogP contribution in [0, 0.1) is 0 Å². The lowest BCUT2D eigenvalue weighted by Crippen LogP contribution is -2.40. The minimum atomic E-state index is -0.483. The maximum absolute atomic E-state index is 12.4. The van der Waals surface area contributed by atoms with Gasteiger partial charge in [-0.25, -0.2) is 4.79 Å². The Balaban J connectivity index is 1.51. The van der Waals surface area contributed by atoms with Gasteiger partial charge >= 0.3 is 5.97 Å². The van der Waals surface area contributed by atoms with Gasteiger partial charge in [0.1, 0.15) is 5.75 Å². The molecular formula is C23H27N3O4S. The van der Waals surface area contributed by atoms with E-state index in [0.29, 0.717) is 34.0 Å². The summed E-state index contributed by atoms with van der Waals surface area (Å²) in [5.41, 5.74) is 4.06. The number of carbonyl (C=O) groups excluding carboxylic acids is 1. The maximum Gasteiger partial charge on any atom is 0.343 e. The normalized spacial score (nSPS) is 14.1. The first-order valence-corrected chi connectivity index (χ1v) is 10.6. The molecule has 0 aromatic heterocycles. The second kappa shape index (κ2) is 11.3. The third-order valence-corrected chi connectivity index (χ3v) is 5.24. The van der Waals surface area contributed by atoms with Crippen molar-refractivity contribution in [2.45, 2.75) is 38.1 Å². The quantitative estimate of drug-likeness (QED) is 0.221. The number of benzene rings is 2. The van der Waals surface area contributed by atoms with E-state index in [2.05, 4.69) is 15.8 Å². The van der Waals surface area contributed by atoms with Gasteiger partial charge in [0.05, 0.1) is 26.0 Å². The second-order valence-corrected chi connectivity index (χ2v) is 7.61. The van der Waals surface area contributed by atoms with Crippen molar-refractivity contribution in [3.05, 3.63) is 53.6 Å². The number of nitrogens with zero attached hydrogens (tertiary/aromatic N) is 1. The Kier molecular flexibility index (Phi) is 8.23. The molecule has 0 saturated heterocycles. The Morgan fingerprint density at radius 3 is 2.42 bits per heavy atom. The first-order chi connectivity index (χ1) is 15.1. The van der Waals surface area contributed by atoms with Crippen LogP contribution >= 0.6 is 12.2 Å². The topological polar surface area (TPSA) is 81.2 Å². The molecule has 1 fully saturated rings. The fourth-order valence-corrected chi connectivity index (χ4v) is 3.60. The minimum absolute atomic E-state index is 0.367. The summed E-state index contributed by atoms with van der Waals surface area (Å²) < 4.78 is 15.8. The van der Waals surface area contributed by atoms with Crippen molar-refractivity contribution in [3.63, 3.8) is 0 Å². The van der Waals surface area contributed by atoms with Crippen LogP contribution in [0.3, 0.4) is 0 Å². The smallest absolute Gasteiger partial charge is 0.343 e. The van der Waals surface area contributed by atoms with Gasteiger partial charge in [-0.2, -0.15) is 5.10 Å². The summed E-state index contributed by atoms with van der Waals surface area (Å²) in [5.74, 6) is 0.958. The van der Waals surface area contributed by atoms with Crippen LogP contribution in [0.1, 0.15) is 48.0 Å². The fourth-order valence-electron chi connectivity index (χ4n) is 3.38. The molecule has 7 nitrogen and oxygen atoms in total. The number of ether oxygens (including phenoxy) is 3. The van der Waals surface area contributed by atoms with Crippen molar-refractivity contribution in [1.82, 2.24) is 10.7 Å². The maximum atomic E-state index is 12.4. The highest BCUT2D eigenvalue weighted by atomic mass is 32.1. The van der Waals surface area contributed by atoms with Gasteiger partial charge in [-0.3, -0.25) is 5.43 Å². The van der Waals surface area contributed by atoms with Crippen LogP contribution in [-0.2, 0) is 0 Å². The van der Waals surface area contributed by atoms with Gasteiger partial charge in [0.2, 0.25) is 0 Å². The Labute approximate surface area is 187 Å². The number of carbonyl (C=O) groups is 1. The Morgan fingerprint density at radius 2 is 1.74 bits per heavy atom. The monoisotopic (exact) mass is 441 g/mol. The number of thiocarbonyl (C=S) groups is 1. The van der Waals surface area contributed by atoms with Crippen molar-refractivity contribution in [1.29, 1.82) is 0 Å². The molecule has 0 spiro atoms. The zero-order valence-electron chi connectivity index (χ0n) is 17.7. The number of hydrazone groups is 1. The molecule has 164 valence electrons. The van der Waals surface area contributed by atoms with E-state index in [1.165, 1.54) is 33.5 Å². The van der Waals surface area contributed by atoms with Gasteiger partial charge in [0, 0.05) is 6.04 Å². The van der Waals surface area contributed by atoms with Gasteiger partial charge < -0.3 is 19.5 Å². The molecule has 1 saturated carbocycles. The third-order valence-electron chi connectivity index (χ3n) is 5.03. The van der Waals surface area contributed by atoms with Crippen LogP contribution in [0.15, 0.2) is 47.6 Å². The zero-order chi connectivity index (χ0) is 22.1. The summed E-state index contributed by atoms with van der Waals surface area (Å²) in [6, 6.07) is 12.3. The van der Waals surface area contributed by atoms with E-state index in [4.69, 9.17) is 26.4 Å². The summed E-state index contributed by atoms with van der Waals surface area (Å²) in [4.78, 5) is 12.4. The average molecular weight is 442 g/mol. The summed E-state index contributed by atoms with van der Waals surface area (Å²) in [6.45, 7) is 0. The first kappa shape index (κ1) is 22.6. The van der Waals surface area contributed by atoms with E-state index < -0.39 is 5.97 Å². The standard InChI is InChI=1S/C23H27N3O4S/c1-28-20-13-10-17(14-21(20)29-2)22(27)30-19-11-8-16(9-12-19)15-24-26-23(31)25-18-6-4-3-5-7-18/h8-15,18H,3-7H2,1-2H3,(H2,25,26,31). The molecule has 0 amide bonds. The van der Waals surface area contributed by atoms with Crippen LogP contribution in [0.4, 0.5) is 0 Å². The van der Waals surface area contributed by atoms with E-state index in [1.807, 2.05) is 0 Å². The van der Waals surface area contributed by atoms with Gasteiger partial charge in [0.15, 0.2) is 16.6 Å². The largest absolute Gasteiger partial charge is 0.493 e. The molecule has 1 aliphatic rings. The molecule has 0 bridgehead atoms. The molecule has 0 atom stereocenters. The zero-order valence-corrected chi connectivity index (χ0v) is 18.5. The van der Waals surface area contributed by atoms with E-state index in [9.17, 15) is 4.79 Å². The molecule has 0 unspecified atom stereocenters. The van der Waals surface area contributed by atoms with Crippen LogP contribution in [0.2, 0.25) is 0 Å². The molecule has 2 aromatic rings. The van der Waals surface area contributed by atoms with Crippen molar-refractivity contribution in [3.8, 4) is 17.2 Å². The lowest BCUT2D eigenvalue weighted by molar-refractivity contribution is 0.0734. The molecule has 0 heterocycles. The number of nitrogens with one attached hydrogen (secondary N) is 2. The predicted molar refractivity (Wildman–Crippen MR) is 124 cm³/mol. The van der Waals surface area contributed by atoms with E-state index in [1.54, 1.807) is 48.7 Å². The van der Waals surface area contributed by atoms with Crippen molar-refractivity contribution in [2.24, 2.45) is 5.10 Å². The number of hydrogen-bond acceptors (Lipinski definition) is 6. The van der Waals surface area contributed by atoms with E-state index in [-0.39, 0.29) is 0 Å². The Bertz CT molecular complexity index is 925. The molecule has 3 rings (SSSR count).